The first-order valence-electron chi connectivity index (χ1n) is 16.7. The van der Waals surface area contributed by atoms with Crippen LogP contribution in [-0.2, 0) is 9.47 Å². The summed E-state index contributed by atoms with van der Waals surface area (Å²) in [5, 5.41) is 10.6. The number of benzene rings is 4. The molecule has 1 N–H and O–H groups in total. The number of carbonyl (C=O) groups is 2. The Kier molecular flexibility index (Phi) is 9.01. The van der Waals surface area contributed by atoms with Crippen molar-refractivity contribution in [1.29, 1.82) is 0 Å². The van der Waals surface area contributed by atoms with Crippen molar-refractivity contribution in [2.45, 2.75) is 43.4 Å². The summed E-state index contributed by atoms with van der Waals surface area (Å²) in [5.74, 6) is 3.31. The Morgan fingerprint density at radius 3 is 1.46 bits per heavy atom. The smallest absolute Gasteiger partial charge is 0.170 e. The molecule has 4 aromatic rings. The average Bonchev–Trinajstić information content (AvgIpc) is 4.08. The van der Waals surface area contributed by atoms with Gasteiger partial charge in [-0.05, 0) is 59.7 Å². The molecule has 11 heteroatoms. The Morgan fingerprint density at radius 1 is 0.580 bits per heavy atom. The molecule has 4 aliphatic heterocycles. The molecule has 0 amide bonds. The lowest BCUT2D eigenvalue weighted by Crippen LogP contribution is -2.25. The predicted molar refractivity (Wildman–Crippen MR) is 178 cm³/mol. The third-order valence-corrected chi connectivity index (χ3v) is 8.85. The highest BCUT2D eigenvalue weighted by molar-refractivity contribution is 6.00. The van der Waals surface area contributed by atoms with E-state index in [-0.39, 0.29) is 49.8 Å². The number of hydrogen-bond acceptors (Lipinski definition) is 11. The summed E-state index contributed by atoms with van der Waals surface area (Å²) in [6, 6.07) is 25.1. The number of fused-ring (bicyclic) bond motifs is 2. The zero-order valence-electron chi connectivity index (χ0n) is 27.2. The molecule has 0 radical (unpaired) electrons. The Labute approximate surface area is 288 Å². The van der Waals surface area contributed by atoms with Crippen molar-refractivity contribution in [3.63, 3.8) is 0 Å². The van der Waals surface area contributed by atoms with Gasteiger partial charge in [0.1, 0.15) is 91.4 Å². The van der Waals surface area contributed by atoms with Crippen LogP contribution in [0, 0.1) is 0 Å². The van der Waals surface area contributed by atoms with Crippen molar-refractivity contribution in [2.75, 3.05) is 39.6 Å². The largest absolute Gasteiger partial charge is 0.491 e. The van der Waals surface area contributed by atoms with Crippen LogP contribution in [0.4, 0.5) is 0 Å². The molecule has 3 unspecified atom stereocenters. The van der Waals surface area contributed by atoms with Gasteiger partial charge in [-0.15, -0.1) is 0 Å². The molecule has 0 spiro atoms. The van der Waals surface area contributed by atoms with Crippen LogP contribution in [0.15, 0.2) is 84.9 Å². The molecule has 0 saturated carbocycles. The quantitative estimate of drug-likeness (QED) is 0.170. The van der Waals surface area contributed by atoms with Crippen molar-refractivity contribution in [3.8, 4) is 34.5 Å². The summed E-state index contributed by atoms with van der Waals surface area (Å²) in [6.07, 6.45) is -1.04. The van der Waals surface area contributed by atoms with E-state index in [0.717, 1.165) is 23.5 Å². The molecular formula is C39H36O11. The zero-order valence-corrected chi connectivity index (χ0v) is 27.2. The third-order valence-electron chi connectivity index (χ3n) is 8.85. The molecule has 0 aliphatic carbocycles. The maximum absolute atomic E-state index is 12.9. The first kappa shape index (κ1) is 32.1. The van der Waals surface area contributed by atoms with Gasteiger partial charge in [0.25, 0.3) is 0 Å². The number of aliphatic hydroxyl groups is 1. The Balaban J connectivity index is 0.816. The van der Waals surface area contributed by atoms with Crippen LogP contribution in [0.1, 0.15) is 56.9 Å². The average molecular weight is 681 g/mol. The van der Waals surface area contributed by atoms with Gasteiger partial charge in [-0.25, -0.2) is 0 Å². The van der Waals surface area contributed by atoms with Crippen molar-refractivity contribution >= 4 is 11.6 Å². The molecule has 4 heterocycles. The van der Waals surface area contributed by atoms with E-state index >= 15 is 0 Å². The van der Waals surface area contributed by atoms with E-state index in [9.17, 15) is 14.7 Å². The van der Waals surface area contributed by atoms with Crippen LogP contribution in [0.25, 0.3) is 0 Å². The predicted octanol–water partition coefficient (Wildman–Crippen LogP) is 5.47. The first-order chi connectivity index (χ1) is 24.4. The lowest BCUT2D eigenvalue weighted by molar-refractivity contribution is 0.0622. The summed E-state index contributed by atoms with van der Waals surface area (Å²) >= 11 is 0. The summed E-state index contributed by atoms with van der Waals surface area (Å²) in [7, 11) is 0. The molecule has 2 saturated heterocycles. The van der Waals surface area contributed by atoms with Gasteiger partial charge in [0.2, 0.25) is 0 Å². The van der Waals surface area contributed by atoms with Crippen molar-refractivity contribution in [2.24, 2.45) is 0 Å². The molecule has 2 fully saturated rings. The fourth-order valence-electron chi connectivity index (χ4n) is 5.86. The standard InChI is InChI=1S/C39H36O11/c40-25(17-43-26-5-1-23(2-6-26)36-16-35(42)33-12-10-29(14-39(33)50-36)46-20-31-22-48-31)18-44-28-9-11-32-34(41)15-37(49-38(32)13-28)24-3-7-27(8-4-24)45-19-30-21-47-30/h1-14,25,30-31,36-37,40H,15-22H2/t25?,30?,31?,36-,37-/m0/s1. The highest BCUT2D eigenvalue weighted by Gasteiger charge is 2.30. The number of epoxide rings is 2. The monoisotopic (exact) mass is 680 g/mol. The maximum atomic E-state index is 12.9. The molecule has 8 rings (SSSR count). The van der Waals surface area contributed by atoms with E-state index in [4.69, 9.17) is 37.9 Å². The van der Waals surface area contributed by atoms with Gasteiger partial charge in [0.05, 0.1) is 37.2 Å². The Bertz CT molecular complexity index is 1850. The van der Waals surface area contributed by atoms with Crippen LogP contribution in [-0.4, -0.2) is 74.6 Å². The SMILES string of the molecule is O=C1C[C@@H](c2ccc(OCC3CO3)cc2)Oc2cc(OCC(O)COc3ccc([C@@H]4CC(=O)c5ccc(OCC6CO6)cc5O4)cc3)ccc21. The van der Waals surface area contributed by atoms with E-state index in [1.54, 1.807) is 48.5 Å². The first-order valence-corrected chi connectivity index (χ1v) is 16.7. The second kappa shape index (κ2) is 14.0. The van der Waals surface area contributed by atoms with Crippen LogP contribution in [0.2, 0.25) is 0 Å². The van der Waals surface area contributed by atoms with Crippen molar-refractivity contribution < 1.29 is 52.6 Å². The molecule has 50 heavy (non-hydrogen) atoms. The third kappa shape index (κ3) is 7.70. The molecule has 5 atom stereocenters. The molecule has 0 aromatic heterocycles. The van der Waals surface area contributed by atoms with Gasteiger partial charge in [0.15, 0.2) is 11.6 Å². The lowest BCUT2D eigenvalue weighted by atomic mass is 9.96. The van der Waals surface area contributed by atoms with Crippen LogP contribution in [0.3, 0.4) is 0 Å². The molecule has 11 nitrogen and oxygen atoms in total. The van der Waals surface area contributed by atoms with Crippen molar-refractivity contribution in [3.05, 3.63) is 107 Å². The number of carbonyl (C=O) groups excluding carboxylic acids is 2. The zero-order chi connectivity index (χ0) is 34.0. The molecular weight excluding hydrogens is 644 g/mol. The summed E-state index contributed by atoms with van der Waals surface area (Å²) < 4.78 is 45.9. The van der Waals surface area contributed by atoms with Gasteiger partial charge >= 0.3 is 0 Å². The normalized spacial score (nSPS) is 22.3. The maximum Gasteiger partial charge on any atom is 0.170 e. The lowest BCUT2D eigenvalue weighted by Gasteiger charge is -2.26. The van der Waals surface area contributed by atoms with Crippen molar-refractivity contribution in [1.82, 2.24) is 0 Å². The van der Waals surface area contributed by atoms with Gasteiger partial charge in [-0.3, -0.25) is 9.59 Å². The number of Topliss-reactive ketones (excluding diaryl/α,β-unsaturated/α-hetero) is 2. The Morgan fingerprint density at radius 2 is 0.980 bits per heavy atom. The number of aliphatic hydroxyl groups excluding tert-OH is 1. The van der Waals surface area contributed by atoms with E-state index < -0.39 is 18.3 Å². The number of hydrogen-bond donors (Lipinski definition) is 1. The van der Waals surface area contributed by atoms with E-state index in [0.29, 0.717) is 59.7 Å². The topological polar surface area (TPSA) is 135 Å². The molecule has 258 valence electrons. The van der Waals surface area contributed by atoms with E-state index in [1.165, 1.54) is 0 Å². The fraction of sp³-hybridized carbons (Fsp3) is 0.333. The minimum Gasteiger partial charge on any atom is -0.491 e. The minimum absolute atomic E-state index is 0.00434. The second-order valence-corrected chi connectivity index (χ2v) is 12.7. The highest BCUT2D eigenvalue weighted by Crippen LogP contribution is 2.39. The van der Waals surface area contributed by atoms with E-state index in [1.807, 2.05) is 36.4 Å². The number of ketones is 2. The Hall–Kier alpha value is -5.10. The van der Waals surface area contributed by atoms with Gasteiger partial charge in [-0.2, -0.15) is 0 Å². The highest BCUT2D eigenvalue weighted by atomic mass is 16.6. The van der Waals surface area contributed by atoms with E-state index in [2.05, 4.69) is 0 Å². The van der Waals surface area contributed by atoms with Gasteiger partial charge in [0, 0.05) is 12.1 Å². The summed E-state index contributed by atoms with van der Waals surface area (Å²) in [4.78, 5) is 25.7. The molecule has 4 aromatic carbocycles. The number of ether oxygens (including phenoxy) is 8. The number of rotatable bonds is 14. The van der Waals surface area contributed by atoms with Crippen LogP contribution in [0.5, 0.6) is 34.5 Å². The molecule has 0 bridgehead atoms. The summed E-state index contributed by atoms with van der Waals surface area (Å²) in [6.45, 7) is 2.39. The summed E-state index contributed by atoms with van der Waals surface area (Å²) in [5.41, 5.74) is 2.74. The minimum atomic E-state index is -0.924. The van der Waals surface area contributed by atoms with Gasteiger partial charge < -0.3 is 43.0 Å². The van der Waals surface area contributed by atoms with Gasteiger partial charge in [-0.1, -0.05) is 24.3 Å². The van der Waals surface area contributed by atoms with Crippen LogP contribution < -0.4 is 28.4 Å². The fourth-order valence-corrected chi connectivity index (χ4v) is 5.86. The molecule has 4 aliphatic rings. The second-order valence-electron chi connectivity index (χ2n) is 12.7. The van der Waals surface area contributed by atoms with Crippen LogP contribution >= 0.6 is 0 Å².